The minimum absolute atomic E-state index is 0.206. The van der Waals surface area contributed by atoms with Crippen LogP contribution in [-0.2, 0) is 6.54 Å². The fraction of sp³-hybridized carbons (Fsp3) is 0.636. The third-order valence-electron chi connectivity index (χ3n) is 2.66. The Kier molecular flexibility index (Phi) is 4.03. The molecule has 13 heavy (non-hydrogen) atoms. The third-order valence-corrected chi connectivity index (χ3v) is 2.66. The Bertz CT molecular complexity index is 214. The Hall–Kier alpha value is -0.760. The maximum absolute atomic E-state index is 9.86. The summed E-state index contributed by atoms with van der Waals surface area (Å²) in [4.78, 5) is 0. The second-order valence-electron chi connectivity index (χ2n) is 3.52. The van der Waals surface area contributed by atoms with Crippen LogP contribution >= 0.6 is 0 Å². The van der Waals surface area contributed by atoms with E-state index in [0.29, 0.717) is 5.92 Å². The molecule has 1 rings (SSSR count). The van der Waals surface area contributed by atoms with Gasteiger partial charge in [0.1, 0.15) is 0 Å². The lowest BCUT2D eigenvalue weighted by Crippen LogP contribution is -2.24. The largest absolute Gasteiger partial charge is 0.391 e. The third kappa shape index (κ3) is 2.88. The molecule has 0 fully saturated rings. The molecule has 0 aromatic carbocycles. The van der Waals surface area contributed by atoms with Crippen LogP contribution in [0.3, 0.4) is 0 Å². The van der Waals surface area contributed by atoms with Gasteiger partial charge in [-0.25, -0.2) is 0 Å². The Labute approximate surface area is 80.2 Å². The van der Waals surface area contributed by atoms with Gasteiger partial charge in [0, 0.05) is 18.9 Å². The molecule has 0 aliphatic rings. The first-order valence-corrected chi connectivity index (χ1v) is 5.06. The zero-order valence-electron chi connectivity index (χ0n) is 8.48. The van der Waals surface area contributed by atoms with Crippen molar-refractivity contribution in [1.29, 1.82) is 0 Å². The molecule has 1 N–H and O–H groups in total. The Morgan fingerprint density at radius 1 is 1.15 bits per heavy atom. The zero-order chi connectivity index (χ0) is 9.68. The summed E-state index contributed by atoms with van der Waals surface area (Å²) >= 11 is 0. The average Bonchev–Trinajstić information content (AvgIpc) is 2.59. The molecule has 0 aliphatic carbocycles. The number of hydrogen-bond donors (Lipinski definition) is 1. The molecular weight excluding hydrogens is 162 g/mol. The van der Waals surface area contributed by atoms with Gasteiger partial charge in [0.05, 0.1) is 6.10 Å². The van der Waals surface area contributed by atoms with E-state index in [-0.39, 0.29) is 6.10 Å². The molecule has 74 valence electrons. The second-order valence-corrected chi connectivity index (χ2v) is 3.52. The SMILES string of the molecule is CCC(CC)C(O)Cn1cccc1. The van der Waals surface area contributed by atoms with Crippen LogP contribution < -0.4 is 0 Å². The summed E-state index contributed by atoms with van der Waals surface area (Å²) in [7, 11) is 0. The van der Waals surface area contributed by atoms with Gasteiger partial charge in [-0.2, -0.15) is 0 Å². The van der Waals surface area contributed by atoms with Crippen LogP contribution in [-0.4, -0.2) is 15.8 Å². The van der Waals surface area contributed by atoms with Gasteiger partial charge in [0.2, 0.25) is 0 Å². The number of aliphatic hydroxyl groups excluding tert-OH is 1. The van der Waals surface area contributed by atoms with Crippen molar-refractivity contribution in [1.82, 2.24) is 4.57 Å². The van der Waals surface area contributed by atoms with Crippen molar-refractivity contribution >= 4 is 0 Å². The van der Waals surface area contributed by atoms with Crippen molar-refractivity contribution < 1.29 is 5.11 Å². The minimum atomic E-state index is -0.206. The zero-order valence-corrected chi connectivity index (χ0v) is 8.48. The second kappa shape index (κ2) is 5.07. The van der Waals surface area contributed by atoms with E-state index in [2.05, 4.69) is 13.8 Å². The van der Waals surface area contributed by atoms with E-state index >= 15 is 0 Å². The number of hydrogen-bond acceptors (Lipinski definition) is 1. The molecule has 0 amide bonds. The van der Waals surface area contributed by atoms with Crippen molar-refractivity contribution in [2.45, 2.75) is 39.3 Å². The summed E-state index contributed by atoms with van der Waals surface area (Å²) in [6, 6.07) is 3.97. The maximum atomic E-state index is 9.86. The number of aromatic nitrogens is 1. The number of nitrogens with zero attached hydrogens (tertiary/aromatic N) is 1. The molecule has 0 saturated heterocycles. The van der Waals surface area contributed by atoms with Gasteiger partial charge in [-0.05, 0) is 18.1 Å². The lowest BCUT2D eigenvalue weighted by Gasteiger charge is -2.20. The van der Waals surface area contributed by atoms with Crippen molar-refractivity contribution in [3.05, 3.63) is 24.5 Å². The molecule has 1 aromatic heterocycles. The number of aliphatic hydroxyl groups is 1. The van der Waals surface area contributed by atoms with Crippen LogP contribution in [0.2, 0.25) is 0 Å². The van der Waals surface area contributed by atoms with Gasteiger partial charge in [-0.3, -0.25) is 0 Å². The summed E-state index contributed by atoms with van der Waals surface area (Å²) in [5, 5.41) is 9.86. The van der Waals surface area contributed by atoms with Crippen LogP contribution in [0.15, 0.2) is 24.5 Å². The van der Waals surface area contributed by atoms with Crippen molar-refractivity contribution in [2.24, 2.45) is 5.92 Å². The van der Waals surface area contributed by atoms with Crippen LogP contribution in [0.25, 0.3) is 0 Å². The molecule has 0 aliphatic heterocycles. The number of rotatable bonds is 5. The molecule has 0 bridgehead atoms. The first kappa shape index (κ1) is 10.3. The highest BCUT2D eigenvalue weighted by Crippen LogP contribution is 2.14. The summed E-state index contributed by atoms with van der Waals surface area (Å²) in [6.45, 7) is 4.99. The topological polar surface area (TPSA) is 25.2 Å². The lowest BCUT2D eigenvalue weighted by molar-refractivity contribution is 0.0858. The predicted molar refractivity (Wildman–Crippen MR) is 54.5 cm³/mol. The standard InChI is InChI=1S/C11H19NO/c1-3-10(4-2)11(13)9-12-7-5-6-8-12/h5-8,10-11,13H,3-4,9H2,1-2H3. The molecule has 0 spiro atoms. The van der Waals surface area contributed by atoms with E-state index < -0.39 is 0 Å². The van der Waals surface area contributed by atoms with Gasteiger partial charge in [-0.1, -0.05) is 26.7 Å². The summed E-state index contributed by atoms with van der Waals surface area (Å²) in [5.74, 6) is 0.433. The van der Waals surface area contributed by atoms with Gasteiger partial charge in [-0.15, -0.1) is 0 Å². The van der Waals surface area contributed by atoms with E-state index in [1.165, 1.54) is 0 Å². The predicted octanol–water partition coefficient (Wildman–Crippen LogP) is 2.29. The first-order chi connectivity index (χ1) is 6.27. The molecular formula is C11H19NO. The molecule has 2 heteroatoms. The van der Waals surface area contributed by atoms with E-state index in [1.54, 1.807) is 0 Å². The molecule has 0 saturated carbocycles. The quantitative estimate of drug-likeness (QED) is 0.740. The summed E-state index contributed by atoms with van der Waals surface area (Å²) < 4.78 is 2.03. The van der Waals surface area contributed by atoms with Crippen molar-refractivity contribution in [3.8, 4) is 0 Å². The van der Waals surface area contributed by atoms with Gasteiger partial charge < -0.3 is 9.67 Å². The molecule has 1 atom stereocenters. The monoisotopic (exact) mass is 181 g/mol. The van der Waals surface area contributed by atoms with Gasteiger partial charge in [0.15, 0.2) is 0 Å². The Morgan fingerprint density at radius 3 is 2.15 bits per heavy atom. The highest BCUT2D eigenvalue weighted by atomic mass is 16.3. The highest BCUT2D eigenvalue weighted by Gasteiger charge is 2.14. The molecule has 1 aromatic rings. The summed E-state index contributed by atoms with van der Waals surface area (Å²) in [5.41, 5.74) is 0. The fourth-order valence-electron chi connectivity index (χ4n) is 1.69. The van der Waals surface area contributed by atoms with Crippen molar-refractivity contribution in [3.63, 3.8) is 0 Å². The van der Waals surface area contributed by atoms with Crippen LogP contribution in [0.4, 0.5) is 0 Å². The minimum Gasteiger partial charge on any atom is -0.391 e. The van der Waals surface area contributed by atoms with Crippen LogP contribution in [0.5, 0.6) is 0 Å². The van der Waals surface area contributed by atoms with Crippen LogP contribution in [0.1, 0.15) is 26.7 Å². The van der Waals surface area contributed by atoms with Gasteiger partial charge in [0.25, 0.3) is 0 Å². The molecule has 0 radical (unpaired) electrons. The van der Waals surface area contributed by atoms with E-state index in [9.17, 15) is 5.11 Å². The molecule has 1 unspecified atom stereocenters. The molecule has 2 nitrogen and oxygen atoms in total. The smallest absolute Gasteiger partial charge is 0.0746 e. The maximum Gasteiger partial charge on any atom is 0.0746 e. The van der Waals surface area contributed by atoms with E-state index in [4.69, 9.17) is 0 Å². The fourth-order valence-corrected chi connectivity index (χ4v) is 1.69. The first-order valence-electron chi connectivity index (χ1n) is 5.06. The Morgan fingerprint density at radius 2 is 1.69 bits per heavy atom. The lowest BCUT2D eigenvalue weighted by atomic mass is 9.96. The Balaban J connectivity index is 2.44. The van der Waals surface area contributed by atoms with E-state index in [1.807, 2.05) is 29.1 Å². The highest BCUT2D eigenvalue weighted by molar-refractivity contribution is 4.91. The van der Waals surface area contributed by atoms with E-state index in [0.717, 1.165) is 19.4 Å². The van der Waals surface area contributed by atoms with Gasteiger partial charge >= 0.3 is 0 Å². The van der Waals surface area contributed by atoms with Crippen LogP contribution in [0, 0.1) is 5.92 Å². The van der Waals surface area contributed by atoms with Crippen molar-refractivity contribution in [2.75, 3.05) is 0 Å². The summed E-state index contributed by atoms with van der Waals surface area (Å²) in [6.07, 6.45) is 5.89. The molecule has 1 heterocycles. The average molecular weight is 181 g/mol. The normalized spacial score (nSPS) is 13.5.